The number of aliphatic carboxylic acids is 1. The fourth-order valence-corrected chi connectivity index (χ4v) is 3.52. The van der Waals surface area contributed by atoms with Gasteiger partial charge in [-0.1, -0.05) is 6.07 Å². The summed E-state index contributed by atoms with van der Waals surface area (Å²) in [5, 5.41) is 11.5. The zero-order chi connectivity index (χ0) is 19.4. The maximum absolute atomic E-state index is 12.5. The van der Waals surface area contributed by atoms with Crippen molar-refractivity contribution >= 4 is 21.9 Å². The Bertz CT molecular complexity index is 741. The summed E-state index contributed by atoms with van der Waals surface area (Å²) in [6, 6.07) is 5.60. The molecule has 1 amide bonds. The first-order valence-electron chi connectivity index (χ1n) is 7.99. The number of amides is 1. The molecular weight excluding hydrogens is 344 g/mol. The van der Waals surface area contributed by atoms with Crippen LogP contribution >= 0.6 is 0 Å². The zero-order valence-corrected chi connectivity index (χ0v) is 16.1. The number of rotatable bonds is 8. The largest absolute Gasteiger partial charge is 0.481 e. The molecule has 0 saturated carbocycles. The summed E-state index contributed by atoms with van der Waals surface area (Å²) in [7, 11) is -2.20. The predicted molar refractivity (Wildman–Crippen MR) is 94.9 cm³/mol. The van der Waals surface area contributed by atoms with E-state index in [-0.39, 0.29) is 29.3 Å². The molecule has 0 heterocycles. The molecule has 0 aliphatic heterocycles. The van der Waals surface area contributed by atoms with E-state index in [0.29, 0.717) is 0 Å². The van der Waals surface area contributed by atoms with Gasteiger partial charge in [-0.2, -0.15) is 4.31 Å². The van der Waals surface area contributed by atoms with Gasteiger partial charge in [-0.3, -0.25) is 9.59 Å². The normalized spacial score (nSPS) is 12.4. The lowest BCUT2D eigenvalue weighted by Crippen LogP contribution is -2.43. The summed E-state index contributed by atoms with van der Waals surface area (Å²) >= 11 is 0. The van der Waals surface area contributed by atoms with Gasteiger partial charge in [-0.15, -0.1) is 0 Å². The maximum atomic E-state index is 12.5. The summed E-state index contributed by atoms with van der Waals surface area (Å²) in [5.41, 5.74) is -0.513. The molecule has 140 valence electrons. The average molecular weight is 370 g/mol. The van der Waals surface area contributed by atoms with E-state index in [0.717, 1.165) is 0 Å². The van der Waals surface area contributed by atoms with E-state index in [9.17, 15) is 18.0 Å². The van der Waals surface area contributed by atoms with Crippen LogP contribution in [0.3, 0.4) is 0 Å². The highest BCUT2D eigenvalue weighted by molar-refractivity contribution is 7.89. The lowest BCUT2D eigenvalue weighted by molar-refractivity contribution is -0.137. The van der Waals surface area contributed by atoms with Gasteiger partial charge >= 0.3 is 5.97 Å². The number of hydrogen-bond donors (Lipinski definition) is 2. The number of carboxylic acids is 1. The summed E-state index contributed by atoms with van der Waals surface area (Å²) in [6.45, 7) is 6.97. The third-order valence-electron chi connectivity index (χ3n) is 3.92. The maximum Gasteiger partial charge on any atom is 0.303 e. The summed E-state index contributed by atoms with van der Waals surface area (Å²) in [4.78, 5) is 23.2. The Kier molecular flexibility index (Phi) is 6.73. The summed E-state index contributed by atoms with van der Waals surface area (Å²) < 4.78 is 26.3. The first-order chi connectivity index (χ1) is 11.4. The summed E-state index contributed by atoms with van der Waals surface area (Å²) in [6.07, 6.45) is 0.197. The highest BCUT2D eigenvalue weighted by atomic mass is 32.2. The van der Waals surface area contributed by atoms with Crippen molar-refractivity contribution in [2.75, 3.05) is 7.05 Å². The SMILES string of the molecule is CC(C)N(C)S(=O)(=O)c1cccc(C(=O)NC(C)(C)CCC(=O)O)c1. The number of sulfonamides is 1. The van der Waals surface area contributed by atoms with Crippen LogP contribution in [0.5, 0.6) is 0 Å². The van der Waals surface area contributed by atoms with E-state index in [2.05, 4.69) is 5.32 Å². The first-order valence-corrected chi connectivity index (χ1v) is 9.43. The highest BCUT2D eigenvalue weighted by Gasteiger charge is 2.26. The van der Waals surface area contributed by atoms with Gasteiger partial charge in [0.05, 0.1) is 4.90 Å². The van der Waals surface area contributed by atoms with Crippen LogP contribution in [0.2, 0.25) is 0 Å². The number of carboxylic acid groups (broad SMARTS) is 1. The van der Waals surface area contributed by atoms with Gasteiger partial charge in [0.2, 0.25) is 10.0 Å². The molecule has 0 radical (unpaired) electrons. The Morgan fingerprint density at radius 1 is 1.28 bits per heavy atom. The van der Waals surface area contributed by atoms with Crippen LogP contribution in [0, 0.1) is 0 Å². The van der Waals surface area contributed by atoms with Crippen LogP contribution in [-0.2, 0) is 14.8 Å². The number of hydrogen-bond acceptors (Lipinski definition) is 4. The fourth-order valence-electron chi connectivity index (χ4n) is 2.10. The standard InChI is InChI=1S/C17H26N2O5S/c1-12(2)19(5)25(23,24)14-8-6-7-13(11-14)16(22)18-17(3,4)10-9-15(20)21/h6-8,11-12H,9-10H2,1-5H3,(H,18,22)(H,20,21). The minimum Gasteiger partial charge on any atom is -0.481 e. The molecule has 1 rings (SSSR count). The Hall–Kier alpha value is -1.93. The van der Waals surface area contributed by atoms with E-state index in [1.807, 2.05) is 0 Å². The number of nitrogens with one attached hydrogen (secondary N) is 1. The molecule has 0 unspecified atom stereocenters. The molecule has 1 aromatic rings. The molecular formula is C17H26N2O5S. The second-order valence-electron chi connectivity index (χ2n) is 6.87. The second-order valence-corrected chi connectivity index (χ2v) is 8.87. The lowest BCUT2D eigenvalue weighted by atomic mass is 9.98. The Morgan fingerprint density at radius 2 is 1.88 bits per heavy atom. The molecule has 1 aromatic carbocycles. The van der Waals surface area contributed by atoms with Crippen molar-refractivity contribution < 1.29 is 23.1 Å². The van der Waals surface area contributed by atoms with Crippen molar-refractivity contribution in [2.45, 2.75) is 57.0 Å². The van der Waals surface area contributed by atoms with Crippen molar-refractivity contribution in [3.8, 4) is 0 Å². The van der Waals surface area contributed by atoms with E-state index >= 15 is 0 Å². The van der Waals surface area contributed by atoms with Gasteiger partial charge in [-0.25, -0.2) is 8.42 Å². The molecule has 0 bridgehead atoms. The molecule has 0 saturated heterocycles. The predicted octanol–water partition coefficient (Wildman–Crippen LogP) is 2.09. The Morgan fingerprint density at radius 3 is 2.40 bits per heavy atom. The van der Waals surface area contributed by atoms with Gasteiger partial charge in [0.15, 0.2) is 0 Å². The van der Waals surface area contributed by atoms with Gasteiger partial charge in [0.25, 0.3) is 5.91 Å². The van der Waals surface area contributed by atoms with Crippen molar-refractivity contribution in [2.24, 2.45) is 0 Å². The molecule has 0 aliphatic carbocycles. The van der Waals surface area contributed by atoms with E-state index in [1.54, 1.807) is 27.7 Å². The van der Waals surface area contributed by atoms with Crippen LogP contribution < -0.4 is 5.32 Å². The number of nitrogens with zero attached hydrogens (tertiary/aromatic N) is 1. The van der Waals surface area contributed by atoms with E-state index in [1.165, 1.54) is 35.6 Å². The summed E-state index contributed by atoms with van der Waals surface area (Å²) in [5.74, 6) is -1.38. The highest BCUT2D eigenvalue weighted by Crippen LogP contribution is 2.19. The molecule has 0 aliphatic rings. The molecule has 8 heteroatoms. The van der Waals surface area contributed by atoms with Gasteiger partial charge in [0, 0.05) is 30.6 Å². The third kappa shape index (κ3) is 5.82. The molecule has 0 atom stereocenters. The van der Waals surface area contributed by atoms with E-state index in [4.69, 9.17) is 5.11 Å². The van der Waals surface area contributed by atoms with Gasteiger partial charge in [0.1, 0.15) is 0 Å². The smallest absolute Gasteiger partial charge is 0.303 e. The Labute approximate surface area is 149 Å². The van der Waals surface area contributed by atoms with Crippen LogP contribution in [0.1, 0.15) is 50.9 Å². The molecule has 2 N–H and O–H groups in total. The minimum absolute atomic E-state index is 0.0414. The number of benzene rings is 1. The Balaban J connectivity index is 3.01. The van der Waals surface area contributed by atoms with Gasteiger partial charge in [-0.05, 0) is 52.3 Å². The van der Waals surface area contributed by atoms with Crippen molar-refractivity contribution in [1.29, 1.82) is 0 Å². The third-order valence-corrected chi connectivity index (χ3v) is 5.95. The van der Waals surface area contributed by atoms with Gasteiger partial charge < -0.3 is 10.4 Å². The quantitative estimate of drug-likeness (QED) is 0.729. The van der Waals surface area contributed by atoms with Crippen LogP contribution in [0.25, 0.3) is 0 Å². The molecule has 0 spiro atoms. The number of carbonyl (C=O) groups excluding carboxylic acids is 1. The van der Waals surface area contributed by atoms with Crippen molar-refractivity contribution in [3.05, 3.63) is 29.8 Å². The fraction of sp³-hybridized carbons (Fsp3) is 0.529. The minimum atomic E-state index is -3.68. The van der Waals surface area contributed by atoms with E-state index < -0.39 is 27.4 Å². The van der Waals surface area contributed by atoms with Crippen molar-refractivity contribution in [3.63, 3.8) is 0 Å². The monoisotopic (exact) mass is 370 g/mol. The van der Waals surface area contributed by atoms with Crippen LogP contribution in [0.15, 0.2) is 29.2 Å². The second kappa shape index (κ2) is 7.97. The zero-order valence-electron chi connectivity index (χ0n) is 15.2. The molecule has 0 fully saturated rings. The molecule has 7 nitrogen and oxygen atoms in total. The average Bonchev–Trinajstić information content (AvgIpc) is 2.52. The van der Waals surface area contributed by atoms with Crippen LogP contribution in [0.4, 0.5) is 0 Å². The molecule has 0 aromatic heterocycles. The topological polar surface area (TPSA) is 104 Å². The first kappa shape index (κ1) is 21.1. The molecule has 25 heavy (non-hydrogen) atoms. The number of carbonyl (C=O) groups is 2. The van der Waals surface area contributed by atoms with Crippen LogP contribution in [-0.4, -0.2) is 48.3 Å². The lowest BCUT2D eigenvalue weighted by Gasteiger charge is -2.26. The van der Waals surface area contributed by atoms with Crippen molar-refractivity contribution in [1.82, 2.24) is 9.62 Å².